The number of ether oxygens (including phenoxy) is 2. The molecular formula is C17H14F3NO4. The molecule has 0 aliphatic heterocycles. The standard InChI is InChI=1S/C17H14F3NO4/c1-10(25-12-7-5-11(18)6-8-12)17(23)24-9-15(22)21-16-13(19)3-2-4-14(16)20/h2-8,10H,9H2,1H3,(H,21,22)/t10-/m1/s1. The highest BCUT2D eigenvalue weighted by Crippen LogP contribution is 2.18. The number of para-hydroxylation sites is 1. The van der Waals surface area contributed by atoms with Crippen molar-refractivity contribution in [3.05, 3.63) is 59.9 Å². The summed E-state index contributed by atoms with van der Waals surface area (Å²) < 4.78 is 49.5. The van der Waals surface area contributed by atoms with Gasteiger partial charge < -0.3 is 14.8 Å². The molecule has 0 aromatic heterocycles. The predicted octanol–water partition coefficient (Wildman–Crippen LogP) is 3.05. The molecule has 1 atom stereocenters. The Kier molecular flexibility index (Phi) is 5.99. The Labute approximate surface area is 141 Å². The molecule has 0 heterocycles. The van der Waals surface area contributed by atoms with E-state index in [-0.39, 0.29) is 5.75 Å². The molecule has 5 nitrogen and oxygen atoms in total. The van der Waals surface area contributed by atoms with E-state index >= 15 is 0 Å². The average Bonchev–Trinajstić information content (AvgIpc) is 2.58. The van der Waals surface area contributed by atoms with Crippen molar-refractivity contribution >= 4 is 17.6 Å². The lowest BCUT2D eigenvalue weighted by Gasteiger charge is -2.14. The zero-order valence-corrected chi connectivity index (χ0v) is 13.1. The number of nitrogens with one attached hydrogen (secondary N) is 1. The Morgan fingerprint density at radius 2 is 1.64 bits per heavy atom. The molecule has 0 radical (unpaired) electrons. The first-order valence-electron chi connectivity index (χ1n) is 7.19. The third-order valence-electron chi connectivity index (χ3n) is 3.03. The van der Waals surface area contributed by atoms with Gasteiger partial charge in [-0.25, -0.2) is 18.0 Å². The van der Waals surface area contributed by atoms with E-state index in [1.54, 1.807) is 0 Å². The minimum Gasteiger partial charge on any atom is -0.479 e. The highest BCUT2D eigenvalue weighted by Gasteiger charge is 2.19. The first-order chi connectivity index (χ1) is 11.9. The number of carbonyl (C=O) groups excluding carboxylic acids is 2. The van der Waals surface area contributed by atoms with Crippen LogP contribution in [0.1, 0.15) is 6.92 Å². The normalized spacial score (nSPS) is 11.5. The average molecular weight is 353 g/mol. The molecule has 0 spiro atoms. The van der Waals surface area contributed by atoms with Gasteiger partial charge in [0.15, 0.2) is 12.7 Å². The molecule has 0 unspecified atom stereocenters. The number of benzene rings is 2. The van der Waals surface area contributed by atoms with Crippen LogP contribution < -0.4 is 10.1 Å². The fraction of sp³-hybridized carbons (Fsp3) is 0.176. The lowest BCUT2D eigenvalue weighted by atomic mass is 10.3. The molecule has 8 heteroatoms. The highest BCUT2D eigenvalue weighted by atomic mass is 19.1. The van der Waals surface area contributed by atoms with Crippen molar-refractivity contribution < 1.29 is 32.2 Å². The Hall–Kier alpha value is -3.03. The van der Waals surface area contributed by atoms with Crippen LogP contribution >= 0.6 is 0 Å². The third-order valence-corrected chi connectivity index (χ3v) is 3.03. The van der Waals surface area contributed by atoms with E-state index in [9.17, 15) is 22.8 Å². The number of esters is 1. The van der Waals surface area contributed by atoms with Crippen LogP contribution in [0.15, 0.2) is 42.5 Å². The highest BCUT2D eigenvalue weighted by molar-refractivity contribution is 5.93. The van der Waals surface area contributed by atoms with Gasteiger partial charge in [-0.1, -0.05) is 6.07 Å². The summed E-state index contributed by atoms with van der Waals surface area (Å²) in [5, 5.41) is 1.98. The van der Waals surface area contributed by atoms with Crippen LogP contribution in [0.5, 0.6) is 5.75 Å². The van der Waals surface area contributed by atoms with E-state index < -0.39 is 47.7 Å². The molecule has 0 fully saturated rings. The number of halogens is 3. The monoisotopic (exact) mass is 353 g/mol. The van der Waals surface area contributed by atoms with Crippen molar-refractivity contribution in [2.45, 2.75) is 13.0 Å². The molecular weight excluding hydrogens is 339 g/mol. The summed E-state index contributed by atoms with van der Waals surface area (Å²) in [7, 11) is 0. The molecule has 2 aromatic carbocycles. The van der Waals surface area contributed by atoms with Gasteiger partial charge in [0.2, 0.25) is 0 Å². The van der Waals surface area contributed by atoms with Crippen LogP contribution in [-0.4, -0.2) is 24.6 Å². The largest absolute Gasteiger partial charge is 0.479 e. The molecule has 2 rings (SSSR count). The molecule has 1 N–H and O–H groups in total. The zero-order chi connectivity index (χ0) is 18.4. The molecule has 25 heavy (non-hydrogen) atoms. The fourth-order valence-corrected chi connectivity index (χ4v) is 1.81. The summed E-state index contributed by atoms with van der Waals surface area (Å²) in [6.07, 6.45) is -1.07. The van der Waals surface area contributed by atoms with Gasteiger partial charge in [-0.15, -0.1) is 0 Å². The van der Waals surface area contributed by atoms with Crippen LogP contribution in [0.25, 0.3) is 0 Å². The number of carbonyl (C=O) groups is 2. The van der Waals surface area contributed by atoms with Crippen molar-refractivity contribution in [2.75, 3.05) is 11.9 Å². The number of amides is 1. The topological polar surface area (TPSA) is 64.6 Å². The Bertz CT molecular complexity index is 745. The summed E-state index contributed by atoms with van der Waals surface area (Å²) in [4.78, 5) is 23.4. The van der Waals surface area contributed by atoms with Crippen molar-refractivity contribution in [2.24, 2.45) is 0 Å². The number of anilines is 1. The fourth-order valence-electron chi connectivity index (χ4n) is 1.81. The first-order valence-corrected chi connectivity index (χ1v) is 7.19. The van der Waals surface area contributed by atoms with Gasteiger partial charge in [-0.2, -0.15) is 0 Å². The lowest BCUT2D eigenvalue weighted by Crippen LogP contribution is -2.30. The van der Waals surface area contributed by atoms with Crippen LogP contribution in [0.2, 0.25) is 0 Å². The predicted molar refractivity (Wildman–Crippen MR) is 82.4 cm³/mol. The third kappa shape index (κ3) is 5.23. The van der Waals surface area contributed by atoms with Gasteiger partial charge in [-0.3, -0.25) is 4.79 Å². The summed E-state index contributed by atoms with van der Waals surface area (Å²) in [5.41, 5.74) is -0.626. The number of hydrogen-bond donors (Lipinski definition) is 1. The molecule has 0 aliphatic rings. The maximum atomic E-state index is 13.4. The van der Waals surface area contributed by atoms with Gasteiger partial charge in [0.1, 0.15) is 28.9 Å². The summed E-state index contributed by atoms with van der Waals surface area (Å²) in [5.74, 6) is -3.90. The molecule has 1 amide bonds. The Morgan fingerprint density at radius 1 is 1.04 bits per heavy atom. The smallest absolute Gasteiger partial charge is 0.347 e. The minimum absolute atomic E-state index is 0.240. The summed E-state index contributed by atoms with van der Waals surface area (Å²) in [6.45, 7) is 0.629. The Balaban J connectivity index is 1.84. The van der Waals surface area contributed by atoms with Crippen molar-refractivity contribution in [1.29, 1.82) is 0 Å². The van der Waals surface area contributed by atoms with Crippen LogP contribution in [0.3, 0.4) is 0 Å². The molecule has 0 saturated carbocycles. The zero-order valence-electron chi connectivity index (χ0n) is 13.1. The van der Waals surface area contributed by atoms with Gasteiger partial charge in [0, 0.05) is 0 Å². The van der Waals surface area contributed by atoms with Gasteiger partial charge in [-0.05, 0) is 43.3 Å². The van der Waals surface area contributed by atoms with E-state index in [1.807, 2.05) is 5.32 Å². The van der Waals surface area contributed by atoms with Gasteiger partial charge in [0.05, 0.1) is 0 Å². The minimum atomic E-state index is -1.07. The van der Waals surface area contributed by atoms with Crippen molar-refractivity contribution in [3.8, 4) is 5.75 Å². The molecule has 0 bridgehead atoms. The van der Waals surface area contributed by atoms with Crippen molar-refractivity contribution in [1.82, 2.24) is 0 Å². The van der Waals surface area contributed by atoms with Crippen LogP contribution in [0, 0.1) is 17.5 Å². The van der Waals surface area contributed by atoms with E-state index in [0.717, 1.165) is 30.3 Å². The lowest BCUT2D eigenvalue weighted by molar-refractivity contribution is -0.153. The SMILES string of the molecule is C[C@@H](Oc1ccc(F)cc1)C(=O)OCC(=O)Nc1c(F)cccc1F. The van der Waals surface area contributed by atoms with Crippen LogP contribution in [-0.2, 0) is 14.3 Å². The summed E-state index contributed by atoms with van der Waals surface area (Å²) >= 11 is 0. The van der Waals surface area contributed by atoms with E-state index in [1.165, 1.54) is 19.1 Å². The second-order valence-electron chi connectivity index (χ2n) is 4.97. The van der Waals surface area contributed by atoms with Crippen molar-refractivity contribution in [3.63, 3.8) is 0 Å². The van der Waals surface area contributed by atoms with Gasteiger partial charge in [0.25, 0.3) is 5.91 Å². The second-order valence-corrected chi connectivity index (χ2v) is 4.97. The van der Waals surface area contributed by atoms with E-state index in [2.05, 4.69) is 0 Å². The quantitative estimate of drug-likeness (QED) is 0.811. The Morgan fingerprint density at radius 3 is 2.24 bits per heavy atom. The molecule has 0 saturated heterocycles. The summed E-state index contributed by atoms with van der Waals surface area (Å²) in [6, 6.07) is 8.06. The number of hydrogen-bond acceptors (Lipinski definition) is 4. The maximum Gasteiger partial charge on any atom is 0.347 e. The molecule has 0 aliphatic carbocycles. The van der Waals surface area contributed by atoms with E-state index in [0.29, 0.717) is 0 Å². The van der Waals surface area contributed by atoms with Crippen LogP contribution in [0.4, 0.5) is 18.9 Å². The molecule has 2 aromatic rings. The van der Waals surface area contributed by atoms with Gasteiger partial charge >= 0.3 is 5.97 Å². The second kappa shape index (κ2) is 8.18. The van der Waals surface area contributed by atoms with E-state index in [4.69, 9.17) is 9.47 Å². The maximum absolute atomic E-state index is 13.4. The molecule has 132 valence electrons. The number of rotatable bonds is 6. The first kappa shape index (κ1) is 18.3.